The Kier molecular flexibility index (Phi) is 18.7. The Bertz CT molecular complexity index is 2600. The normalized spacial score (nSPS) is 11.3. The average molecular weight is 928 g/mol. The van der Waals surface area contributed by atoms with E-state index < -0.39 is 56.9 Å². The fourth-order valence-corrected chi connectivity index (χ4v) is 6.53. The van der Waals surface area contributed by atoms with Crippen LogP contribution in [0.5, 0.6) is 17.2 Å². The monoisotopic (exact) mass is 927 g/mol. The third-order valence-electron chi connectivity index (χ3n) is 10.2. The molecule has 0 heterocycles. The highest BCUT2D eigenvalue weighted by molar-refractivity contribution is 6.05. The number of aliphatic hydroxyl groups is 6. The lowest BCUT2D eigenvalue weighted by molar-refractivity contribution is 0.350. The second-order valence-electron chi connectivity index (χ2n) is 18.3. The van der Waals surface area contributed by atoms with Crippen LogP contribution in [0, 0.1) is 71.0 Å². The van der Waals surface area contributed by atoms with Crippen molar-refractivity contribution >= 4 is 35.7 Å². The molecule has 4 aromatic rings. The lowest BCUT2D eigenvalue weighted by Gasteiger charge is -2.21. The molecule has 0 amide bonds. The number of aliphatic imine (C=N–C) groups is 3. The number of aromatic hydroxyl groups is 3. The highest BCUT2D eigenvalue weighted by Gasteiger charge is 2.25. The number of hydrogen-bond acceptors (Lipinski definition) is 12. The Balaban J connectivity index is 2.22. The summed E-state index contributed by atoms with van der Waals surface area (Å²) >= 11 is 0. The van der Waals surface area contributed by atoms with Crippen LogP contribution in [-0.2, 0) is 16.2 Å². The fourth-order valence-electron chi connectivity index (χ4n) is 6.53. The van der Waals surface area contributed by atoms with E-state index in [0.717, 1.165) is 35.3 Å². The molecule has 0 saturated heterocycles. The molecule has 12 nitrogen and oxygen atoms in total. The van der Waals surface area contributed by atoms with Crippen molar-refractivity contribution in [3.63, 3.8) is 0 Å². The van der Waals surface area contributed by atoms with Crippen molar-refractivity contribution in [2.24, 2.45) is 15.0 Å². The van der Waals surface area contributed by atoms with Gasteiger partial charge < -0.3 is 46.0 Å². The van der Waals surface area contributed by atoms with E-state index >= 15 is 0 Å². The van der Waals surface area contributed by atoms with Crippen LogP contribution in [0.4, 0.5) is 17.1 Å². The van der Waals surface area contributed by atoms with E-state index in [2.05, 4.69) is 86.0 Å². The SMILES string of the molecule is CC(C)(C)c1cc(C#CCO)c(N=Cc2c(O)c(C=Nc3c(C#CCO)cc(C(C)(C)C)cc3C#CCO)c(O)c(C=Nc3c(C#CCO)cc(C(C)(C)C)cc3C#CCO)c2O)c(C#CCO)c1. The van der Waals surface area contributed by atoms with Crippen molar-refractivity contribution in [1.82, 2.24) is 0 Å². The Morgan fingerprint density at radius 2 is 0.522 bits per heavy atom. The van der Waals surface area contributed by atoms with E-state index in [0.29, 0.717) is 33.4 Å². The first kappa shape index (κ1) is 54.0. The first-order chi connectivity index (χ1) is 32.6. The summed E-state index contributed by atoms with van der Waals surface area (Å²) in [4.78, 5) is 14.0. The van der Waals surface area contributed by atoms with Crippen molar-refractivity contribution in [3.8, 4) is 88.3 Å². The number of phenolic OH excluding ortho intramolecular Hbond substituents is 3. The summed E-state index contributed by atoms with van der Waals surface area (Å²) in [6.45, 7) is 15.1. The lowest BCUT2D eigenvalue weighted by atomic mass is 9.84. The summed E-state index contributed by atoms with van der Waals surface area (Å²) < 4.78 is 0. The Labute approximate surface area is 404 Å². The Morgan fingerprint density at radius 3 is 0.667 bits per heavy atom. The average Bonchev–Trinajstić information content (AvgIpc) is 3.29. The van der Waals surface area contributed by atoms with Crippen molar-refractivity contribution < 1.29 is 46.0 Å². The van der Waals surface area contributed by atoms with Gasteiger partial charge in [-0.3, -0.25) is 15.0 Å². The van der Waals surface area contributed by atoms with Crippen LogP contribution in [0.15, 0.2) is 51.4 Å². The minimum absolute atomic E-state index is 0.179. The molecule has 354 valence electrons. The second kappa shape index (κ2) is 23.9. The molecule has 4 rings (SSSR count). The summed E-state index contributed by atoms with van der Waals surface area (Å²) in [5.41, 5.74) is 2.95. The largest absolute Gasteiger partial charge is 0.506 e. The van der Waals surface area contributed by atoms with Gasteiger partial charge in [-0.1, -0.05) is 133 Å². The van der Waals surface area contributed by atoms with Gasteiger partial charge in [0.15, 0.2) is 0 Å². The van der Waals surface area contributed by atoms with Crippen LogP contribution >= 0.6 is 0 Å². The molecule has 0 spiro atoms. The van der Waals surface area contributed by atoms with Gasteiger partial charge in [-0.05, 0) is 69.3 Å². The number of hydrogen-bond donors (Lipinski definition) is 9. The van der Waals surface area contributed by atoms with Crippen LogP contribution in [-0.4, -0.2) is 104 Å². The van der Waals surface area contributed by atoms with Gasteiger partial charge in [-0.25, -0.2) is 0 Å². The third-order valence-corrected chi connectivity index (χ3v) is 10.2. The van der Waals surface area contributed by atoms with E-state index in [1.54, 1.807) is 36.4 Å². The van der Waals surface area contributed by atoms with Crippen molar-refractivity contribution in [3.05, 3.63) is 103 Å². The highest BCUT2D eigenvalue weighted by Crippen LogP contribution is 2.42. The van der Waals surface area contributed by atoms with E-state index in [4.69, 9.17) is 0 Å². The van der Waals surface area contributed by atoms with Gasteiger partial charge in [0, 0.05) is 18.6 Å². The van der Waals surface area contributed by atoms with Gasteiger partial charge in [0.1, 0.15) is 56.9 Å². The summed E-state index contributed by atoms with van der Waals surface area (Å²) in [6.07, 6.45) is 3.42. The van der Waals surface area contributed by atoms with Gasteiger partial charge in [0.2, 0.25) is 0 Å². The van der Waals surface area contributed by atoms with Gasteiger partial charge in [0.25, 0.3) is 0 Å². The maximum atomic E-state index is 12.1. The zero-order valence-corrected chi connectivity index (χ0v) is 40.3. The van der Waals surface area contributed by atoms with Crippen LogP contribution in [0.1, 0.15) is 129 Å². The Morgan fingerprint density at radius 1 is 0.348 bits per heavy atom. The molecule has 0 radical (unpaired) electrons. The zero-order valence-electron chi connectivity index (χ0n) is 40.3. The van der Waals surface area contributed by atoms with E-state index in [1.807, 2.05) is 62.3 Å². The van der Waals surface area contributed by atoms with Gasteiger partial charge in [-0.15, -0.1) is 0 Å². The number of rotatable bonds is 6. The van der Waals surface area contributed by atoms with Gasteiger partial charge >= 0.3 is 0 Å². The molecule has 69 heavy (non-hydrogen) atoms. The van der Waals surface area contributed by atoms with Gasteiger partial charge in [0.05, 0.1) is 67.1 Å². The number of nitrogens with zero attached hydrogens (tertiary/aromatic N) is 3. The number of aliphatic hydroxyl groups excluding tert-OH is 6. The lowest BCUT2D eigenvalue weighted by Crippen LogP contribution is -2.12. The minimum atomic E-state index is -0.678. The van der Waals surface area contributed by atoms with Crippen LogP contribution < -0.4 is 0 Å². The molecule has 0 unspecified atom stereocenters. The smallest absolute Gasteiger partial charge is 0.140 e. The maximum absolute atomic E-state index is 12.1. The minimum Gasteiger partial charge on any atom is -0.506 e. The molecule has 4 aromatic carbocycles. The van der Waals surface area contributed by atoms with Crippen molar-refractivity contribution in [2.75, 3.05) is 39.6 Å². The van der Waals surface area contributed by atoms with Crippen LogP contribution in [0.25, 0.3) is 0 Å². The summed E-state index contributed by atoms with van der Waals surface area (Å²) in [6, 6.07) is 10.7. The molecule has 0 atom stereocenters. The first-order valence-corrected chi connectivity index (χ1v) is 21.7. The van der Waals surface area contributed by atoms with Crippen molar-refractivity contribution in [1.29, 1.82) is 0 Å². The molecule has 0 bridgehead atoms. The van der Waals surface area contributed by atoms with E-state index in [1.165, 1.54) is 0 Å². The topological polar surface area (TPSA) is 219 Å². The predicted molar refractivity (Wildman–Crippen MR) is 272 cm³/mol. The van der Waals surface area contributed by atoms with Crippen LogP contribution in [0.3, 0.4) is 0 Å². The summed E-state index contributed by atoms with van der Waals surface area (Å²) in [5, 5.41) is 94.2. The Hall–Kier alpha value is -7.59. The molecule has 0 saturated carbocycles. The summed E-state index contributed by atoms with van der Waals surface area (Å²) in [7, 11) is 0. The second-order valence-corrected chi connectivity index (χ2v) is 18.3. The molecular formula is C57H57N3O9. The summed E-state index contributed by atoms with van der Waals surface area (Å²) in [5.74, 6) is 31.3. The molecule has 12 heteroatoms. The van der Waals surface area contributed by atoms with Crippen LogP contribution in [0.2, 0.25) is 0 Å². The molecule has 0 aromatic heterocycles. The van der Waals surface area contributed by atoms with Crippen molar-refractivity contribution in [2.45, 2.75) is 78.6 Å². The molecule has 9 N–H and O–H groups in total. The molecule has 0 aliphatic heterocycles. The fraction of sp³-hybridized carbons (Fsp3) is 0.316. The van der Waals surface area contributed by atoms with Gasteiger partial charge in [-0.2, -0.15) is 0 Å². The molecular weight excluding hydrogens is 871 g/mol. The standard InChI is InChI=1S/C57H57N3O9/c1-55(2,3)43-28-37(16-10-22-61)49(38(29-43)17-11-23-62)58-34-46-52(67)47(35-59-50-39(18-12-24-63)30-44(56(4,5)6)31-40(50)19-13-25-64)54(69)48(53(46)68)36-60-51-41(20-14-26-65)32-45(57(7,8)9)33-42(51)21-15-27-66/h28-36,61-69H,22-27H2,1-9H3. The first-order valence-electron chi connectivity index (χ1n) is 21.7. The molecule has 0 aliphatic carbocycles. The third kappa shape index (κ3) is 14.0. The molecule has 0 aliphatic rings. The number of benzene rings is 4. The maximum Gasteiger partial charge on any atom is 0.140 e. The zero-order chi connectivity index (χ0) is 51.1. The molecule has 0 fully saturated rings. The highest BCUT2D eigenvalue weighted by atomic mass is 16.3. The van der Waals surface area contributed by atoms with E-state index in [-0.39, 0.29) is 50.0 Å². The van der Waals surface area contributed by atoms with E-state index in [9.17, 15) is 46.0 Å². The quantitative estimate of drug-likeness (QED) is 0.0816. The predicted octanol–water partition coefficient (Wildman–Crippen LogP) is 6.01. The number of phenols is 3.